The molecule has 0 aromatic carbocycles. The molecule has 0 saturated carbocycles. The summed E-state index contributed by atoms with van der Waals surface area (Å²) in [6.07, 6.45) is -11.4. The van der Waals surface area contributed by atoms with Crippen LogP contribution < -0.4 is 0 Å². The first-order chi connectivity index (χ1) is 10.4. The molecule has 136 valence electrons. The van der Waals surface area contributed by atoms with Crippen LogP contribution in [0.5, 0.6) is 0 Å². The molecule has 0 aromatic rings. The topological polar surface area (TPSA) is 26.3 Å². The summed E-state index contributed by atoms with van der Waals surface area (Å²) < 4.78 is 80.2. The maximum absolute atomic E-state index is 12.6. The molecule has 0 aliphatic heterocycles. The van der Waals surface area contributed by atoms with E-state index in [2.05, 4.69) is 0 Å². The van der Waals surface area contributed by atoms with Crippen molar-refractivity contribution in [1.29, 1.82) is 0 Å². The number of Topliss-reactive ketones (excluding diaryl/α,β-unsaturated/α-hetero) is 1. The zero-order valence-electron chi connectivity index (χ0n) is 13.6. The predicted molar refractivity (Wildman–Crippen MR) is 73.6 cm³/mol. The third kappa shape index (κ3) is 7.74. The third-order valence-corrected chi connectivity index (χ3v) is 3.64. The molecule has 0 aromatic heterocycles. The molecule has 2 unspecified atom stereocenters. The summed E-state index contributed by atoms with van der Waals surface area (Å²) in [7, 11) is 1.12. The van der Waals surface area contributed by atoms with E-state index in [1.54, 1.807) is 0 Å². The van der Waals surface area contributed by atoms with Crippen molar-refractivity contribution in [2.45, 2.75) is 58.8 Å². The van der Waals surface area contributed by atoms with Gasteiger partial charge in [-0.2, -0.15) is 26.3 Å². The zero-order chi connectivity index (χ0) is 18.4. The standard InChI is InChI=1S/C15H22F6O2/c1-5-10(7-14(16,17)18)12(22)9(3)13(23-4)11(6-2)8-15(19,20)21/h10-11H,5-8H2,1-4H3/b13-9-. The highest BCUT2D eigenvalue weighted by atomic mass is 19.4. The number of carbonyl (C=O) groups is 1. The highest BCUT2D eigenvalue weighted by Crippen LogP contribution is 2.34. The average molecular weight is 348 g/mol. The van der Waals surface area contributed by atoms with Gasteiger partial charge in [-0.05, 0) is 19.8 Å². The molecule has 0 fully saturated rings. The Labute approximate surface area is 131 Å². The van der Waals surface area contributed by atoms with Gasteiger partial charge in [0.25, 0.3) is 0 Å². The number of alkyl halides is 6. The number of halogens is 6. The van der Waals surface area contributed by atoms with Gasteiger partial charge in [0.15, 0.2) is 5.78 Å². The maximum atomic E-state index is 12.6. The molecule has 2 atom stereocenters. The average Bonchev–Trinajstić information content (AvgIpc) is 2.41. The molecule has 0 saturated heterocycles. The Morgan fingerprint density at radius 2 is 1.30 bits per heavy atom. The Bertz CT molecular complexity index is 423. The van der Waals surface area contributed by atoms with E-state index in [4.69, 9.17) is 4.74 Å². The van der Waals surface area contributed by atoms with Gasteiger partial charge < -0.3 is 4.74 Å². The van der Waals surface area contributed by atoms with Crippen molar-refractivity contribution in [2.24, 2.45) is 11.8 Å². The fourth-order valence-corrected chi connectivity index (χ4v) is 2.46. The van der Waals surface area contributed by atoms with Crippen molar-refractivity contribution in [3.05, 3.63) is 11.3 Å². The van der Waals surface area contributed by atoms with E-state index >= 15 is 0 Å². The largest absolute Gasteiger partial charge is 0.500 e. The second-order valence-corrected chi connectivity index (χ2v) is 5.41. The quantitative estimate of drug-likeness (QED) is 0.332. The first-order valence-corrected chi connectivity index (χ1v) is 7.28. The molecule has 23 heavy (non-hydrogen) atoms. The van der Waals surface area contributed by atoms with Crippen molar-refractivity contribution in [2.75, 3.05) is 7.11 Å². The van der Waals surface area contributed by atoms with Crippen LogP contribution in [0.1, 0.15) is 46.5 Å². The number of hydrogen-bond donors (Lipinski definition) is 0. The van der Waals surface area contributed by atoms with Gasteiger partial charge in [0, 0.05) is 17.4 Å². The van der Waals surface area contributed by atoms with Crippen molar-refractivity contribution in [3.8, 4) is 0 Å². The minimum atomic E-state index is -4.51. The lowest BCUT2D eigenvalue weighted by Crippen LogP contribution is -2.25. The molecule has 0 bridgehead atoms. The Hall–Kier alpha value is -1.21. The zero-order valence-corrected chi connectivity index (χ0v) is 13.6. The molecule has 0 rings (SSSR count). The molecular formula is C15H22F6O2. The van der Waals surface area contributed by atoms with E-state index in [-0.39, 0.29) is 24.2 Å². The molecule has 8 heteroatoms. The normalized spacial score (nSPS) is 16.6. The fraction of sp³-hybridized carbons (Fsp3) is 0.800. The predicted octanol–water partition coefficient (Wildman–Crippen LogP) is 5.43. The lowest BCUT2D eigenvalue weighted by molar-refractivity contribution is -0.152. The molecule has 2 nitrogen and oxygen atoms in total. The monoisotopic (exact) mass is 348 g/mol. The van der Waals surface area contributed by atoms with Crippen molar-refractivity contribution >= 4 is 5.78 Å². The van der Waals surface area contributed by atoms with Crippen LogP contribution in [0.3, 0.4) is 0 Å². The number of carbonyl (C=O) groups excluding carboxylic acids is 1. The highest BCUT2D eigenvalue weighted by molar-refractivity contribution is 5.97. The van der Waals surface area contributed by atoms with Gasteiger partial charge in [0.2, 0.25) is 0 Å². The molecule has 0 radical (unpaired) electrons. The summed E-state index contributed by atoms with van der Waals surface area (Å²) in [6.45, 7) is 4.15. The summed E-state index contributed by atoms with van der Waals surface area (Å²) in [6, 6.07) is 0. The molecule has 0 spiro atoms. The molecule has 0 aliphatic rings. The molecule has 0 heterocycles. The van der Waals surface area contributed by atoms with Gasteiger partial charge >= 0.3 is 12.4 Å². The van der Waals surface area contributed by atoms with E-state index in [0.29, 0.717) is 0 Å². The first-order valence-electron chi connectivity index (χ1n) is 7.28. The van der Waals surface area contributed by atoms with E-state index in [1.807, 2.05) is 0 Å². The van der Waals surface area contributed by atoms with Crippen LogP contribution in [-0.4, -0.2) is 25.2 Å². The van der Waals surface area contributed by atoms with Crippen LogP contribution in [0, 0.1) is 11.8 Å². The second kappa shape index (κ2) is 8.59. The fourth-order valence-electron chi connectivity index (χ4n) is 2.46. The van der Waals surface area contributed by atoms with Gasteiger partial charge in [-0.15, -0.1) is 0 Å². The number of allylic oxidation sites excluding steroid dienone is 2. The molecule has 0 N–H and O–H groups in total. The minimum absolute atomic E-state index is 0.0528. The van der Waals surface area contributed by atoms with Crippen molar-refractivity contribution in [3.63, 3.8) is 0 Å². The highest BCUT2D eigenvalue weighted by Gasteiger charge is 2.37. The van der Waals surface area contributed by atoms with Crippen LogP contribution in [0.25, 0.3) is 0 Å². The number of ketones is 1. The van der Waals surface area contributed by atoms with E-state index in [1.165, 1.54) is 20.8 Å². The summed E-state index contributed by atoms with van der Waals surface area (Å²) in [5.74, 6) is -3.41. The number of ether oxygens (including phenoxy) is 1. The van der Waals surface area contributed by atoms with Crippen molar-refractivity contribution < 1.29 is 35.9 Å². The second-order valence-electron chi connectivity index (χ2n) is 5.41. The lowest BCUT2D eigenvalue weighted by atomic mass is 9.88. The van der Waals surface area contributed by atoms with Crippen LogP contribution >= 0.6 is 0 Å². The van der Waals surface area contributed by atoms with Crippen LogP contribution in [0.2, 0.25) is 0 Å². The van der Waals surface area contributed by atoms with Gasteiger partial charge in [-0.25, -0.2) is 0 Å². The summed E-state index contributed by atoms with van der Waals surface area (Å²) >= 11 is 0. The third-order valence-electron chi connectivity index (χ3n) is 3.64. The maximum Gasteiger partial charge on any atom is 0.389 e. The van der Waals surface area contributed by atoms with Gasteiger partial charge in [0.05, 0.1) is 20.0 Å². The Kier molecular flexibility index (Phi) is 8.14. The number of methoxy groups -OCH3 is 1. The van der Waals surface area contributed by atoms with Gasteiger partial charge in [-0.3, -0.25) is 4.79 Å². The van der Waals surface area contributed by atoms with E-state index in [0.717, 1.165) is 7.11 Å². The van der Waals surface area contributed by atoms with E-state index < -0.39 is 42.8 Å². The number of rotatable bonds is 8. The minimum Gasteiger partial charge on any atom is -0.500 e. The number of hydrogen-bond acceptors (Lipinski definition) is 2. The van der Waals surface area contributed by atoms with Crippen LogP contribution in [0.4, 0.5) is 26.3 Å². The molecular weight excluding hydrogens is 326 g/mol. The molecule has 0 amide bonds. The first kappa shape index (κ1) is 21.8. The Morgan fingerprint density at radius 3 is 1.61 bits per heavy atom. The van der Waals surface area contributed by atoms with Crippen LogP contribution in [-0.2, 0) is 9.53 Å². The summed E-state index contributed by atoms with van der Waals surface area (Å²) in [4.78, 5) is 12.2. The van der Waals surface area contributed by atoms with E-state index in [9.17, 15) is 31.1 Å². The SMILES string of the molecule is CCC(CC(F)(F)F)C(=O)/C(C)=C(\OC)C(CC)CC(F)(F)F. The molecule has 0 aliphatic carbocycles. The van der Waals surface area contributed by atoms with Crippen LogP contribution in [0.15, 0.2) is 11.3 Å². The Balaban J connectivity index is 5.51. The van der Waals surface area contributed by atoms with Crippen molar-refractivity contribution in [1.82, 2.24) is 0 Å². The van der Waals surface area contributed by atoms with Gasteiger partial charge in [0.1, 0.15) is 5.76 Å². The smallest absolute Gasteiger partial charge is 0.389 e. The summed E-state index contributed by atoms with van der Waals surface area (Å²) in [5, 5.41) is 0. The Morgan fingerprint density at radius 1 is 0.913 bits per heavy atom. The summed E-state index contributed by atoms with van der Waals surface area (Å²) in [5.41, 5.74) is -0.167. The van der Waals surface area contributed by atoms with Gasteiger partial charge in [-0.1, -0.05) is 13.8 Å². The lowest BCUT2D eigenvalue weighted by Gasteiger charge is -2.23.